The standard InChI is InChI=1S/C24H19F3N6O3/c1-33(12-14-8-21(35-2)32-36-14)20-9-17-19(11-29-20)31-23(30-17)18-7-13(10-28-18)22(34)15-5-3-4-6-16(15)24(25,26)27/h3-11,28H,12H2,1-2H3,(H,30,31). The van der Waals surface area contributed by atoms with E-state index in [-0.39, 0.29) is 5.56 Å². The highest BCUT2D eigenvalue weighted by molar-refractivity contribution is 6.10. The molecule has 184 valence electrons. The molecule has 4 heterocycles. The third-order valence-electron chi connectivity index (χ3n) is 5.56. The average Bonchev–Trinajstić information content (AvgIpc) is 3.61. The SMILES string of the molecule is COc1cc(CN(C)c2cc3nc(-c4cc(C(=O)c5ccccc5C(F)(F)F)c[nH]4)[nH]c3cn2)on1. The number of aromatic nitrogens is 5. The summed E-state index contributed by atoms with van der Waals surface area (Å²) in [4.78, 5) is 29.7. The van der Waals surface area contributed by atoms with E-state index in [9.17, 15) is 18.0 Å². The summed E-state index contributed by atoms with van der Waals surface area (Å²) < 4.78 is 50.3. The maximum Gasteiger partial charge on any atom is 0.417 e. The zero-order chi connectivity index (χ0) is 25.4. The molecule has 0 radical (unpaired) electrons. The van der Waals surface area contributed by atoms with Crippen LogP contribution < -0.4 is 9.64 Å². The molecule has 4 aromatic heterocycles. The fraction of sp³-hybridized carbons (Fsp3) is 0.167. The number of halogens is 3. The van der Waals surface area contributed by atoms with Gasteiger partial charge in [-0.15, -0.1) is 0 Å². The summed E-state index contributed by atoms with van der Waals surface area (Å²) in [6.07, 6.45) is -1.66. The van der Waals surface area contributed by atoms with Crippen molar-refractivity contribution >= 4 is 22.6 Å². The Kier molecular flexibility index (Phi) is 5.71. The van der Waals surface area contributed by atoms with Crippen LogP contribution in [-0.4, -0.2) is 45.0 Å². The van der Waals surface area contributed by atoms with E-state index in [2.05, 4.69) is 25.1 Å². The van der Waals surface area contributed by atoms with Gasteiger partial charge in [-0.05, 0) is 17.3 Å². The molecule has 5 aromatic rings. The second kappa shape index (κ2) is 8.87. The summed E-state index contributed by atoms with van der Waals surface area (Å²) in [6, 6.07) is 9.62. The molecule has 0 saturated carbocycles. The highest BCUT2D eigenvalue weighted by atomic mass is 19.4. The number of H-pyrrole nitrogens is 2. The summed E-state index contributed by atoms with van der Waals surface area (Å²) in [5.74, 6) is 1.27. The van der Waals surface area contributed by atoms with Crippen molar-refractivity contribution in [1.29, 1.82) is 0 Å². The summed E-state index contributed by atoms with van der Waals surface area (Å²) in [5.41, 5.74) is 0.399. The van der Waals surface area contributed by atoms with Crippen LogP contribution in [-0.2, 0) is 12.7 Å². The first kappa shape index (κ1) is 23.1. The van der Waals surface area contributed by atoms with Crippen LogP contribution in [0.25, 0.3) is 22.6 Å². The molecule has 5 rings (SSSR count). The first-order chi connectivity index (χ1) is 17.2. The van der Waals surface area contributed by atoms with Crippen LogP contribution in [0.2, 0.25) is 0 Å². The first-order valence-corrected chi connectivity index (χ1v) is 10.7. The number of ether oxygens (including phenoxy) is 1. The molecule has 1 aromatic carbocycles. The van der Waals surface area contributed by atoms with Crippen molar-refractivity contribution in [2.75, 3.05) is 19.1 Å². The van der Waals surface area contributed by atoms with Gasteiger partial charge in [0.1, 0.15) is 5.82 Å². The molecule has 0 fully saturated rings. The predicted octanol–water partition coefficient (Wildman–Crippen LogP) is 4.84. The smallest absolute Gasteiger partial charge is 0.417 e. The molecule has 0 atom stereocenters. The Bertz CT molecular complexity index is 1550. The minimum Gasteiger partial charge on any atom is -0.479 e. The highest BCUT2D eigenvalue weighted by Gasteiger charge is 2.35. The largest absolute Gasteiger partial charge is 0.479 e. The Balaban J connectivity index is 1.39. The van der Waals surface area contributed by atoms with E-state index >= 15 is 0 Å². The number of aromatic amines is 2. The van der Waals surface area contributed by atoms with E-state index in [1.807, 2.05) is 11.9 Å². The van der Waals surface area contributed by atoms with Gasteiger partial charge in [-0.3, -0.25) is 4.79 Å². The number of rotatable bonds is 7. The van der Waals surface area contributed by atoms with Gasteiger partial charge in [0, 0.05) is 36.5 Å². The number of carbonyl (C=O) groups is 1. The fourth-order valence-corrected chi connectivity index (χ4v) is 3.76. The van der Waals surface area contributed by atoms with Gasteiger partial charge in [0.05, 0.1) is 42.1 Å². The molecular weight excluding hydrogens is 477 g/mol. The monoisotopic (exact) mass is 496 g/mol. The molecule has 0 unspecified atom stereocenters. The van der Waals surface area contributed by atoms with E-state index in [4.69, 9.17) is 9.26 Å². The second-order valence-corrected chi connectivity index (χ2v) is 8.01. The molecule has 0 aliphatic heterocycles. The van der Waals surface area contributed by atoms with E-state index < -0.39 is 23.1 Å². The first-order valence-electron chi connectivity index (χ1n) is 10.7. The fourth-order valence-electron chi connectivity index (χ4n) is 3.76. The van der Waals surface area contributed by atoms with Crippen LogP contribution >= 0.6 is 0 Å². The number of anilines is 1. The van der Waals surface area contributed by atoms with Crippen molar-refractivity contribution in [3.05, 3.63) is 77.3 Å². The predicted molar refractivity (Wildman–Crippen MR) is 124 cm³/mol. The van der Waals surface area contributed by atoms with E-state index in [1.165, 1.54) is 31.5 Å². The lowest BCUT2D eigenvalue weighted by atomic mass is 9.99. The van der Waals surface area contributed by atoms with Gasteiger partial charge >= 0.3 is 6.18 Å². The van der Waals surface area contributed by atoms with Gasteiger partial charge < -0.3 is 24.1 Å². The third-order valence-corrected chi connectivity index (χ3v) is 5.56. The molecular formula is C24H19F3N6O3. The van der Waals surface area contributed by atoms with E-state index in [1.54, 1.807) is 18.3 Å². The number of imidazole rings is 1. The number of methoxy groups -OCH3 is 1. The lowest BCUT2D eigenvalue weighted by molar-refractivity contribution is -0.137. The van der Waals surface area contributed by atoms with Crippen molar-refractivity contribution in [3.8, 4) is 17.4 Å². The van der Waals surface area contributed by atoms with Crippen LogP contribution in [0.1, 0.15) is 27.2 Å². The van der Waals surface area contributed by atoms with Crippen molar-refractivity contribution in [2.24, 2.45) is 0 Å². The Morgan fingerprint density at radius 3 is 2.75 bits per heavy atom. The van der Waals surface area contributed by atoms with Crippen LogP contribution in [0, 0.1) is 0 Å². The maximum atomic E-state index is 13.3. The normalized spacial score (nSPS) is 11.7. The molecule has 36 heavy (non-hydrogen) atoms. The zero-order valence-corrected chi connectivity index (χ0v) is 19.1. The van der Waals surface area contributed by atoms with Crippen LogP contribution in [0.5, 0.6) is 5.88 Å². The lowest BCUT2D eigenvalue weighted by Gasteiger charge is -2.15. The van der Waals surface area contributed by atoms with Gasteiger partial charge in [0.15, 0.2) is 17.4 Å². The number of benzene rings is 1. The maximum absolute atomic E-state index is 13.3. The number of hydrogen-bond donors (Lipinski definition) is 2. The summed E-state index contributed by atoms with van der Waals surface area (Å²) in [5, 5.41) is 3.77. The van der Waals surface area contributed by atoms with Gasteiger partial charge in [-0.2, -0.15) is 13.2 Å². The van der Waals surface area contributed by atoms with Gasteiger partial charge in [0.2, 0.25) is 0 Å². The number of nitrogens with zero attached hydrogens (tertiary/aromatic N) is 4. The highest BCUT2D eigenvalue weighted by Crippen LogP contribution is 2.33. The number of carbonyl (C=O) groups excluding carboxylic acids is 1. The molecule has 0 bridgehead atoms. The van der Waals surface area contributed by atoms with E-state index in [0.717, 1.165) is 12.1 Å². The van der Waals surface area contributed by atoms with Crippen LogP contribution in [0.3, 0.4) is 0 Å². The Morgan fingerprint density at radius 2 is 2.00 bits per heavy atom. The number of fused-ring (bicyclic) bond motifs is 1. The molecule has 0 aliphatic rings. The van der Waals surface area contributed by atoms with Crippen molar-refractivity contribution in [2.45, 2.75) is 12.7 Å². The summed E-state index contributed by atoms with van der Waals surface area (Å²) >= 11 is 0. The van der Waals surface area contributed by atoms with Gasteiger partial charge in [0.25, 0.3) is 5.88 Å². The van der Waals surface area contributed by atoms with E-state index in [0.29, 0.717) is 46.6 Å². The lowest BCUT2D eigenvalue weighted by Crippen LogP contribution is -2.17. The average molecular weight is 496 g/mol. The number of alkyl halides is 3. The molecule has 0 saturated heterocycles. The quantitative estimate of drug-likeness (QED) is 0.310. The van der Waals surface area contributed by atoms with Crippen LogP contribution in [0.15, 0.2) is 59.4 Å². The van der Waals surface area contributed by atoms with Crippen molar-refractivity contribution in [1.82, 2.24) is 25.1 Å². The Hall–Kier alpha value is -4.61. The topological polar surface area (TPSA) is 113 Å². The van der Waals surface area contributed by atoms with Crippen LogP contribution in [0.4, 0.5) is 19.0 Å². The number of nitrogens with one attached hydrogen (secondary N) is 2. The minimum absolute atomic E-state index is 0.0863. The molecule has 0 amide bonds. The number of pyridine rings is 1. The molecule has 0 aliphatic carbocycles. The Morgan fingerprint density at radius 1 is 1.19 bits per heavy atom. The summed E-state index contributed by atoms with van der Waals surface area (Å²) in [6.45, 7) is 0.396. The minimum atomic E-state index is -4.64. The Labute approximate surface area is 201 Å². The summed E-state index contributed by atoms with van der Waals surface area (Å²) in [7, 11) is 3.33. The molecule has 12 heteroatoms. The van der Waals surface area contributed by atoms with Crippen molar-refractivity contribution in [3.63, 3.8) is 0 Å². The second-order valence-electron chi connectivity index (χ2n) is 8.01. The third kappa shape index (κ3) is 4.40. The zero-order valence-electron chi connectivity index (χ0n) is 19.1. The molecule has 0 spiro atoms. The van der Waals surface area contributed by atoms with Gasteiger partial charge in [-0.25, -0.2) is 9.97 Å². The number of ketones is 1. The van der Waals surface area contributed by atoms with Crippen molar-refractivity contribution < 1.29 is 27.2 Å². The number of hydrogen-bond acceptors (Lipinski definition) is 7. The molecule has 9 nitrogen and oxygen atoms in total. The molecule has 2 N–H and O–H groups in total. The van der Waals surface area contributed by atoms with Gasteiger partial charge in [-0.1, -0.05) is 18.2 Å².